The van der Waals surface area contributed by atoms with E-state index in [-0.39, 0.29) is 23.8 Å². The Morgan fingerprint density at radius 2 is 1.73 bits per heavy atom. The zero-order valence-electron chi connectivity index (χ0n) is 14.5. The molecule has 140 valence electrons. The number of piperidine rings is 1. The minimum Gasteiger partial charge on any atom is -0.412 e. The second-order valence-corrected chi connectivity index (χ2v) is 7.16. The summed E-state index contributed by atoms with van der Waals surface area (Å²) in [4.78, 5) is 17.2. The fourth-order valence-electron chi connectivity index (χ4n) is 3.84. The molecule has 0 radical (unpaired) electrons. The third-order valence-corrected chi connectivity index (χ3v) is 5.38. The van der Waals surface area contributed by atoms with Crippen molar-refractivity contribution < 1.29 is 10.3 Å². The Labute approximate surface area is 165 Å². The van der Waals surface area contributed by atoms with Crippen LogP contribution in [0.5, 0.6) is 0 Å². The van der Waals surface area contributed by atoms with Crippen molar-refractivity contribution in [3.8, 4) is 0 Å². The van der Waals surface area contributed by atoms with Crippen LogP contribution in [0.1, 0.15) is 34.3 Å². The molecule has 2 heterocycles. The van der Waals surface area contributed by atoms with Crippen molar-refractivity contribution in [2.24, 2.45) is 0 Å². The number of benzene rings is 2. The van der Waals surface area contributed by atoms with Gasteiger partial charge in [-0.3, -0.25) is 9.69 Å². The molecule has 0 unspecified atom stereocenters. The highest BCUT2D eigenvalue weighted by atomic mass is 35.5. The van der Waals surface area contributed by atoms with Gasteiger partial charge in [0.05, 0.1) is 0 Å². The van der Waals surface area contributed by atoms with Crippen molar-refractivity contribution in [2.45, 2.75) is 32.0 Å². The molecule has 4 nitrogen and oxygen atoms in total. The van der Waals surface area contributed by atoms with Crippen molar-refractivity contribution in [1.29, 1.82) is 0 Å². The van der Waals surface area contributed by atoms with Crippen LogP contribution in [-0.2, 0) is 13.1 Å². The maximum Gasteiger partial charge on any atom is 0.254 e. The summed E-state index contributed by atoms with van der Waals surface area (Å²) >= 11 is 6.06. The highest BCUT2D eigenvalue weighted by Gasteiger charge is 2.34. The van der Waals surface area contributed by atoms with E-state index in [1.54, 1.807) is 0 Å². The van der Waals surface area contributed by atoms with Gasteiger partial charge in [0.2, 0.25) is 0 Å². The standard InChI is InChI=1S/C20H21ClN2O.ClH.H2O/c21-17-6-7-19-16(12-17)14-23(20(19)24)18-8-10-22(11-9-18)13-15-4-2-1-3-5-15;;/h1-7,12,18H,8-11,13-14H2;1H;1H2. The first-order valence-corrected chi connectivity index (χ1v) is 8.94. The first kappa shape index (κ1) is 20.7. The predicted octanol–water partition coefficient (Wildman–Crippen LogP) is 3.56. The summed E-state index contributed by atoms with van der Waals surface area (Å²) < 4.78 is 0. The van der Waals surface area contributed by atoms with Gasteiger partial charge in [0.15, 0.2) is 0 Å². The second-order valence-electron chi connectivity index (χ2n) is 6.73. The quantitative estimate of drug-likeness (QED) is 0.798. The summed E-state index contributed by atoms with van der Waals surface area (Å²) in [6.45, 7) is 3.79. The van der Waals surface area contributed by atoms with E-state index in [1.165, 1.54) is 5.56 Å². The SMILES string of the molecule is Cl.O.O=C1c2ccc(Cl)cc2CN1C1CCN(Cc2ccccc2)CC1. The molecule has 1 saturated heterocycles. The summed E-state index contributed by atoms with van der Waals surface area (Å²) in [5.41, 5.74) is 3.25. The van der Waals surface area contributed by atoms with Crippen LogP contribution in [-0.4, -0.2) is 40.3 Å². The summed E-state index contributed by atoms with van der Waals surface area (Å²) in [5.74, 6) is 0.170. The Balaban J connectivity index is 0.00000121. The molecule has 0 aromatic heterocycles. The van der Waals surface area contributed by atoms with Crippen molar-refractivity contribution in [3.63, 3.8) is 0 Å². The topological polar surface area (TPSA) is 55.1 Å². The van der Waals surface area contributed by atoms with E-state index in [0.717, 1.165) is 43.6 Å². The van der Waals surface area contributed by atoms with Gasteiger partial charge in [-0.25, -0.2) is 0 Å². The molecular formula is C20H24Cl2N2O2. The first-order chi connectivity index (χ1) is 11.7. The van der Waals surface area contributed by atoms with Gasteiger partial charge in [0.1, 0.15) is 0 Å². The maximum atomic E-state index is 12.6. The fraction of sp³-hybridized carbons (Fsp3) is 0.350. The zero-order chi connectivity index (χ0) is 16.5. The van der Waals surface area contributed by atoms with Crippen molar-refractivity contribution in [3.05, 3.63) is 70.2 Å². The summed E-state index contributed by atoms with van der Waals surface area (Å²) in [7, 11) is 0. The molecule has 2 aliphatic rings. The predicted molar refractivity (Wildman–Crippen MR) is 107 cm³/mol. The Morgan fingerprint density at radius 1 is 1.04 bits per heavy atom. The van der Waals surface area contributed by atoms with Crippen LogP contribution in [0, 0.1) is 0 Å². The van der Waals surface area contributed by atoms with Crippen LogP contribution < -0.4 is 0 Å². The van der Waals surface area contributed by atoms with E-state index in [2.05, 4.69) is 35.2 Å². The number of fused-ring (bicyclic) bond motifs is 1. The molecule has 0 atom stereocenters. The lowest BCUT2D eigenvalue weighted by Gasteiger charge is -2.36. The molecule has 6 heteroatoms. The van der Waals surface area contributed by atoms with Crippen LogP contribution in [0.3, 0.4) is 0 Å². The van der Waals surface area contributed by atoms with Crippen molar-refractivity contribution in [1.82, 2.24) is 9.80 Å². The monoisotopic (exact) mass is 394 g/mol. The van der Waals surface area contributed by atoms with Gasteiger partial charge >= 0.3 is 0 Å². The minimum absolute atomic E-state index is 0. The molecule has 1 fully saturated rings. The van der Waals surface area contributed by atoms with Crippen molar-refractivity contribution >= 4 is 29.9 Å². The van der Waals surface area contributed by atoms with Crippen LogP contribution in [0.25, 0.3) is 0 Å². The molecule has 0 spiro atoms. The number of rotatable bonds is 3. The van der Waals surface area contributed by atoms with E-state index >= 15 is 0 Å². The van der Waals surface area contributed by atoms with E-state index in [4.69, 9.17) is 11.6 Å². The Kier molecular flexibility index (Phi) is 7.07. The van der Waals surface area contributed by atoms with Gasteiger partial charge < -0.3 is 10.4 Å². The van der Waals surface area contributed by atoms with Gasteiger partial charge in [-0.15, -0.1) is 12.4 Å². The van der Waals surface area contributed by atoms with Gasteiger partial charge in [0.25, 0.3) is 5.91 Å². The maximum absolute atomic E-state index is 12.6. The summed E-state index contributed by atoms with van der Waals surface area (Å²) in [5, 5.41) is 0.709. The lowest BCUT2D eigenvalue weighted by atomic mass is 10.0. The van der Waals surface area contributed by atoms with Crippen molar-refractivity contribution in [2.75, 3.05) is 13.1 Å². The van der Waals surface area contributed by atoms with Crippen LogP contribution in [0.4, 0.5) is 0 Å². The highest BCUT2D eigenvalue weighted by Crippen LogP contribution is 2.30. The fourth-order valence-corrected chi connectivity index (χ4v) is 4.03. The molecule has 1 amide bonds. The summed E-state index contributed by atoms with van der Waals surface area (Å²) in [6.07, 6.45) is 2.08. The summed E-state index contributed by atoms with van der Waals surface area (Å²) in [6, 6.07) is 16.5. The molecule has 26 heavy (non-hydrogen) atoms. The molecule has 2 N–H and O–H groups in total. The average molecular weight is 395 g/mol. The molecule has 2 aromatic carbocycles. The number of nitrogens with zero attached hydrogens (tertiary/aromatic N) is 2. The first-order valence-electron chi connectivity index (χ1n) is 8.56. The minimum atomic E-state index is 0. The largest absolute Gasteiger partial charge is 0.412 e. The molecule has 0 aliphatic carbocycles. The number of carbonyl (C=O) groups excluding carboxylic acids is 1. The average Bonchev–Trinajstić information content (AvgIpc) is 2.92. The van der Waals surface area contributed by atoms with Gasteiger partial charge in [-0.2, -0.15) is 0 Å². The number of amides is 1. The number of hydrogen-bond donors (Lipinski definition) is 0. The Hall–Kier alpha value is -1.59. The zero-order valence-corrected chi connectivity index (χ0v) is 16.1. The number of halogens is 2. The van der Waals surface area contributed by atoms with Crippen LogP contribution in [0.2, 0.25) is 5.02 Å². The normalized spacial score (nSPS) is 17.4. The number of carbonyl (C=O) groups is 1. The smallest absolute Gasteiger partial charge is 0.254 e. The molecule has 4 rings (SSSR count). The lowest BCUT2D eigenvalue weighted by Crippen LogP contribution is -2.44. The third-order valence-electron chi connectivity index (χ3n) is 5.15. The molecule has 0 saturated carbocycles. The van der Waals surface area contributed by atoms with Crippen LogP contribution >= 0.6 is 24.0 Å². The lowest BCUT2D eigenvalue weighted by molar-refractivity contribution is 0.0590. The number of hydrogen-bond acceptors (Lipinski definition) is 2. The van der Waals surface area contributed by atoms with Gasteiger partial charge in [-0.05, 0) is 42.2 Å². The molecule has 0 bridgehead atoms. The number of likely N-dealkylation sites (tertiary alicyclic amines) is 1. The Morgan fingerprint density at radius 3 is 2.42 bits per heavy atom. The van der Waals surface area contributed by atoms with E-state index in [9.17, 15) is 4.79 Å². The third kappa shape index (κ3) is 4.21. The van der Waals surface area contributed by atoms with Crippen LogP contribution in [0.15, 0.2) is 48.5 Å². The van der Waals surface area contributed by atoms with Gasteiger partial charge in [-0.1, -0.05) is 41.9 Å². The molecular weight excluding hydrogens is 371 g/mol. The van der Waals surface area contributed by atoms with E-state index in [1.807, 2.05) is 23.1 Å². The highest BCUT2D eigenvalue weighted by molar-refractivity contribution is 6.30. The van der Waals surface area contributed by atoms with Gasteiger partial charge in [0, 0.05) is 42.8 Å². The Bertz CT molecular complexity index is 747. The van der Waals surface area contributed by atoms with E-state index in [0.29, 0.717) is 17.6 Å². The van der Waals surface area contributed by atoms with E-state index < -0.39 is 0 Å². The molecule has 2 aliphatic heterocycles. The second kappa shape index (κ2) is 8.87. The molecule has 2 aromatic rings.